The van der Waals surface area contributed by atoms with Gasteiger partial charge in [0.1, 0.15) is 0 Å². The molecule has 8 heteroatoms. The van der Waals surface area contributed by atoms with Gasteiger partial charge in [0.15, 0.2) is 11.0 Å². The number of carbonyl (C=O) groups excluding carboxylic acids is 2. The van der Waals surface area contributed by atoms with Crippen molar-refractivity contribution in [2.45, 2.75) is 37.9 Å². The molecule has 1 fully saturated rings. The molecule has 1 N–H and O–H groups in total. The van der Waals surface area contributed by atoms with Gasteiger partial charge in [-0.15, -0.1) is 10.2 Å². The van der Waals surface area contributed by atoms with Crippen molar-refractivity contribution in [3.05, 3.63) is 71.0 Å². The number of nitrogens with zero attached hydrogens (tertiary/aromatic N) is 4. The highest BCUT2D eigenvalue weighted by Gasteiger charge is 2.31. The Morgan fingerprint density at radius 1 is 1.12 bits per heavy atom. The molecule has 1 aromatic heterocycles. The van der Waals surface area contributed by atoms with Crippen LogP contribution in [0.5, 0.6) is 0 Å². The Morgan fingerprint density at radius 2 is 1.84 bits per heavy atom. The maximum atomic E-state index is 12.5. The second-order valence-electron chi connectivity index (χ2n) is 8.26. The zero-order valence-electron chi connectivity index (χ0n) is 18.5. The van der Waals surface area contributed by atoms with E-state index in [9.17, 15) is 9.59 Å². The minimum Gasteiger partial charge on any atom is -0.335 e. The van der Waals surface area contributed by atoms with Crippen molar-refractivity contribution in [3.8, 4) is 0 Å². The van der Waals surface area contributed by atoms with Crippen molar-refractivity contribution in [2.75, 3.05) is 17.6 Å². The second kappa shape index (κ2) is 9.56. The minimum absolute atomic E-state index is 0.0926. The first kappa shape index (κ1) is 22.1. The van der Waals surface area contributed by atoms with E-state index in [1.54, 1.807) is 0 Å². The molecule has 1 unspecified atom stereocenters. The Morgan fingerprint density at radius 3 is 2.56 bits per heavy atom. The third-order valence-electron chi connectivity index (χ3n) is 5.58. The number of thioether (sulfide) groups is 1. The standard InChI is InChI=1S/C24H27N5O2S/c1-16-9-17(2)11-20(10-16)25-22(30)15-32-24-27-26-21(28(24)3)14-29-13-19(12-23(29)31)18-7-5-4-6-8-18/h4-11,19H,12-15H2,1-3H3,(H,25,30). The summed E-state index contributed by atoms with van der Waals surface area (Å²) in [7, 11) is 1.87. The highest BCUT2D eigenvalue weighted by molar-refractivity contribution is 7.99. The summed E-state index contributed by atoms with van der Waals surface area (Å²) in [6.07, 6.45) is 0.516. The van der Waals surface area contributed by atoms with E-state index < -0.39 is 0 Å². The summed E-state index contributed by atoms with van der Waals surface area (Å²) in [5.74, 6) is 1.19. The Labute approximate surface area is 192 Å². The van der Waals surface area contributed by atoms with Crippen LogP contribution >= 0.6 is 11.8 Å². The lowest BCUT2D eigenvalue weighted by Crippen LogP contribution is -2.26. The van der Waals surface area contributed by atoms with Gasteiger partial charge in [-0.05, 0) is 42.7 Å². The van der Waals surface area contributed by atoms with Gasteiger partial charge >= 0.3 is 0 Å². The number of benzene rings is 2. The average Bonchev–Trinajstić information content (AvgIpc) is 3.29. The number of carbonyl (C=O) groups is 2. The summed E-state index contributed by atoms with van der Waals surface area (Å²) in [6, 6.07) is 16.1. The zero-order chi connectivity index (χ0) is 22.7. The number of amides is 2. The fourth-order valence-electron chi connectivity index (χ4n) is 4.03. The topological polar surface area (TPSA) is 80.1 Å². The first-order chi connectivity index (χ1) is 15.4. The van der Waals surface area contributed by atoms with Crippen LogP contribution in [0, 0.1) is 13.8 Å². The van der Waals surface area contributed by atoms with Crippen molar-refractivity contribution in [2.24, 2.45) is 7.05 Å². The van der Waals surface area contributed by atoms with Gasteiger partial charge in [0.2, 0.25) is 11.8 Å². The number of aryl methyl sites for hydroxylation is 2. The van der Waals surface area contributed by atoms with Crippen LogP contribution in [-0.4, -0.2) is 43.8 Å². The van der Waals surface area contributed by atoms with E-state index in [1.165, 1.54) is 17.3 Å². The Kier molecular flexibility index (Phi) is 6.60. The first-order valence-electron chi connectivity index (χ1n) is 10.6. The summed E-state index contributed by atoms with van der Waals surface area (Å²) in [5, 5.41) is 12.1. The number of nitrogens with one attached hydrogen (secondary N) is 1. The molecule has 0 saturated carbocycles. The van der Waals surface area contributed by atoms with Gasteiger partial charge in [0.05, 0.1) is 12.3 Å². The molecule has 1 aliphatic heterocycles. The second-order valence-corrected chi connectivity index (χ2v) is 9.20. The zero-order valence-corrected chi connectivity index (χ0v) is 19.4. The fourth-order valence-corrected chi connectivity index (χ4v) is 4.76. The number of likely N-dealkylation sites (tertiary alicyclic amines) is 1. The van der Waals surface area contributed by atoms with Gasteiger partial charge in [-0.3, -0.25) is 9.59 Å². The molecule has 32 heavy (non-hydrogen) atoms. The van der Waals surface area contributed by atoms with Crippen molar-refractivity contribution in [3.63, 3.8) is 0 Å². The maximum absolute atomic E-state index is 12.5. The smallest absolute Gasteiger partial charge is 0.234 e. The molecule has 1 aliphatic rings. The third-order valence-corrected chi connectivity index (χ3v) is 6.60. The van der Waals surface area contributed by atoms with Gasteiger partial charge in [0, 0.05) is 31.6 Å². The van der Waals surface area contributed by atoms with Crippen LogP contribution < -0.4 is 5.32 Å². The van der Waals surface area contributed by atoms with Gasteiger partial charge in [-0.2, -0.15) is 0 Å². The van der Waals surface area contributed by atoms with E-state index in [-0.39, 0.29) is 23.5 Å². The van der Waals surface area contributed by atoms with Gasteiger partial charge in [-0.25, -0.2) is 0 Å². The largest absolute Gasteiger partial charge is 0.335 e. The van der Waals surface area contributed by atoms with Crippen LogP contribution in [0.3, 0.4) is 0 Å². The summed E-state index contributed by atoms with van der Waals surface area (Å²) in [5.41, 5.74) is 4.20. The number of anilines is 1. The van der Waals surface area contributed by atoms with Crippen LogP contribution in [0.1, 0.15) is 34.9 Å². The van der Waals surface area contributed by atoms with E-state index in [4.69, 9.17) is 0 Å². The van der Waals surface area contributed by atoms with Crippen LogP contribution in [0.4, 0.5) is 5.69 Å². The SMILES string of the molecule is Cc1cc(C)cc(NC(=O)CSc2nnc(CN3CC(c4ccccc4)CC3=O)n2C)c1. The molecule has 166 valence electrons. The maximum Gasteiger partial charge on any atom is 0.234 e. The highest BCUT2D eigenvalue weighted by atomic mass is 32.2. The molecule has 4 rings (SSSR count). The van der Waals surface area contributed by atoms with E-state index in [2.05, 4.69) is 33.7 Å². The predicted octanol–water partition coefficient (Wildman–Crippen LogP) is 3.68. The minimum atomic E-state index is -0.0926. The average molecular weight is 450 g/mol. The van der Waals surface area contributed by atoms with E-state index in [0.717, 1.165) is 16.8 Å². The molecule has 1 saturated heterocycles. The fraction of sp³-hybridized carbons (Fsp3) is 0.333. The Balaban J connectivity index is 1.33. The molecule has 0 radical (unpaired) electrons. The number of hydrogen-bond acceptors (Lipinski definition) is 5. The van der Waals surface area contributed by atoms with Crippen molar-refractivity contribution < 1.29 is 9.59 Å². The van der Waals surface area contributed by atoms with Crippen molar-refractivity contribution >= 4 is 29.3 Å². The highest BCUT2D eigenvalue weighted by Crippen LogP contribution is 2.29. The number of hydrogen-bond donors (Lipinski definition) is 1. The van der Waals surface area contributed by atoms with Gasteiger partial charge in [0.25, 0.3) is 0 Å². The summed E-state index contributed by atoms with van der Waals surface area (Å²) in [6.45, 7) is 5.11. The lowest BCUT2D eigenvalue weighted by Gasteiger charge is -2.16. The summed E-state index contributed by atoms with van der Waals surface area (Å²) in [4.78, 5) is 26.7. The summed E-state index contributed by atoms with van der Waals surface area (Å²) < 4.78 is 1.86. The number of rotatable bonds is 7. The molecule has 2 aromatic carbocycles. The molecule has 0 bridgehead atoms. The molecule has 3 aromatic rings. The van der Waals surface area contributed by atoms with E-state index in [1.807, 2.05) is 60.7 Å². The van der Waals surface area contributed by atoms with Crippen LogP contribution in [-0.2, 0) is 23.2 Å². The lowest BCUT2D eigenvalue weighted by molar-refractivity contribution is -0.128. The number of aromatic nitrogens is 3. The normalized spacial score (nSPS) is 15.9. The van der Waals surface area contributed by atoms with Crippen LogP contribution in [0.25, 0.3) is 0 Å². The Bertz CT molecular complexity index is 1110. The van der Waals surface area contributed by atoms with Gasteiger partial charge in [-0.1, -0.05) is 48.2 Å². The molecule has 0 spiro atoms. The quantitative estimate of drug-likeness (QED) is 0.557. The Hall–Kier alpha value is -3.13. The molecule has 7 nitrogen and oxygen atoms in total. The van der Waals surface area contributed by atoms with Gasteiger partial charge < -0.3 is 14.8 Å². The monoisotopic (exact) mass is 449 g/mol. The van der Waals surface area contributed by atoms with Crippen LogP contribution in [0.15, 0.2) is 53.7 Å². The molecular weight excluding hydrogens is 422 g/mol. The van der Waals surface area contributed by atoms with Crippen molar-refractivity contribution in [1.29, 1.82) is 0 Å². The van der Waals surface area contributed by atoms with E-state index >= 15 is 0 Å². The molecule has 2 heterocycles. The van der Waals surface area contributed by atoms with Crippen LogP contribution in [0.2, 0.25) is 0 Å². The molecule has 0 aliphatic carbocycles. The lowest BCUT2D eigenvalue weighted by atomic mass is 9.99. The summed E-state index contributed by atoms with van der Waals surface area (Å²) >= 11 is 1.33. The predicted molar refractivity (Wildman–Crippen MR) is 125 cm³/mol. The molecule has 2 amide bonds. The van der Waals surface area contributed by atoms with E-state index in [0.29, 0.717) is 30.5 Å². The molecular formula is C24H27N5O2S. The molecule has 1 atom stereocenters. The first-order valence-corrected chi connectivity index (χ1v) is 11.6. The van der Waals surface area contributed by atoms with Crippen molar-refractivity contribution in [1.82, 2.24) is 19.7 Å². The third kappa shape index (κ3) is 5.19.